The molecule has 0 aliphatic heterocycles. The molecule has 1 amide bonds. The zero-order valence-electron chi connectivity index (χ0n) is 11.2. The van der Waals surface area contributed by atoms with Crippen LogP contribution in [0, 0.1) is 0 Å². The summed E-state index contributed by atoms with van der Waals surface area (Å²) in [6.45, 7) is -1.87. The number of amides is 1. The number of alkyl halides is 3. The van der Waals surface area contributed by atoms with Gasteiger partial charge in [0.25, 0.3) is 5.91 Å². The van der Waals surface area contributed by atoms with Gasteiger partial charge >= 0.3 is 6.18 Å². The highest BCUT2D eigenvalue weighted by molar-refractivity contribution is 5.77. The molecule has 21 heavy (non-hydrogen) atoms. The Kier molecular flexibility index (Phi) is 4.72. The minimum absolute atomic E-state index is 0.358. The number of halogens is 3. The first kappa shape index (κ1) is 15.6. The molecule has 1 unspecified atom stereocenters. The van der Waals surface area contributed by atoms with Crippen LogP contribution >= 0.6 is 0 Å². The van der Waals surface area contributed by atoms with E-state index < -0.39 is 31.3 Å². The average molecular weight is 303 g/mol. The summed E-state index contributed by atoms with van der Waals surface area (Å²) in [4.78, 5) is 11.2. The Bertz CT molecular complexity index is 517. The number of nitrogens with one attached hydrogen (secondary N) is 1. The van der Waals surface area contributed by atoms with Crippen LogP contribution in [-0.2, 0) is 11.2 Å². The van der Waals surface area contributed by atoms with E-state index in [1.165, 1.54) is 0 Å². The second kappa shape index (κ2) is 6.34. The minimum Gasteiger partial charge on any atom is -0.484 e. The van der Waals surface area contributed by atoms with Crippen LogP contribution in [0.5, 0.6) is 5.75 Å². The molecule has 2 N–H and O–H groups in total. The third kappa shape index (κ3) is 4.63. The molecule has 0 bridgehead atoms. The molecule has 1 aromatic carbocycles. The lowest BCUT2D eigenvalue weighted by molar-refractivity contribution is -0.139. The molecule has 0 spiro atoms. The van der Waals surface area contributed by atoms with Gasteiger partial charge in [-0.3, -0.25) is 4.79 Å². The Morgan fingerprint density at radius 2 is 2.19 bits per heavy atom. The van der Waals surface area contributed by atoms with E-state index in [1.54, 1.807) is 23.5 Å². The summed E-state index contributed by atoms with van der Waals surface area (Å²) in [5, 5.41) is 11.6. The first-order valence-corrected chi connectivity index (χ1v) is 6.62. The molecule has 1 aliphatic carbocycles. The quantitative estimate of drug-likeness (QED) is 0.895. The van der Waals surface area contributed by atoms with Crippen LogP contribution in [0.4, 0.5) is 13.2 Å². The van der Waals surface area contributed by atoms with Crippen molar-refractivity contribution >= 4 is 5.91 Å². The summed E-state index contributed by atoms with van der Waals surface area (Å²) in [6.07, 6.45) is -2.54. The van der Waals surface area contributed by atoms with Crippen LogP contribution in [-0.4, -0.2) is 30.3 Å². The standard InChI is InChI=1S/C14H16F3NO3/c15-14(16,17)8-18-13(20)7-21-10-5-4-9-2-1-3-12(19)11(9)6-10/h4-6,12,19H,1-3,7-8H2,(H,18,20). The van der Waals surface area contributed by atoms with Crippen molar-refractivity contribution in [1.29, 1.82) is 0 Å². The van der Waals surface area contributed by atoms with E-state index in [0.29, 0.717) is 12.2 Å². The molecule has 0 saturated carbocycles. The van der Waals surface area contributed by atoms with Crippen LogP contribution in [0.2, 0.25) is 0 Å². The zero-order valence-corrected chi connectivity index (χ0v) is 11.2. The number of aliphatic hydroxyl groups is 1. The van der Waals surface area contributed by atoms with E-state index in [0.717, 1.165) is 24.0 Å². The molecule has 1 atom stereocenters. The summed E-state index contributed by atoms with van der Waals surface area (Å²) >= 11 is 0. The number of ether oxygens (including phenoxy) is 1. The molecule has 4 nitrogen and oxygen atoms in total. The minimum atomic E-state index is -4.44. The van der Waals surface area contributed by atoms with E-state index in [1.807, 2.05) is 0 Å². The summed E-state index contributed by atoms with van der Waals surface area (Å²) in [6, 6.07) is 5.09. The second-order valence-electron chi connectivity index (χ2n) is 4.95. The van der Waals surface area contributed by atoms with Gasteiger partial charge in [0, 0.05) is 0 Å². The van der Waals surface area contributed by atoms with E-state index in [9.17, 15) is 23.1 Å². The number of carbonyl (C=O) groups excluding carboxylic acids is 1. The highest BCUT2D eigenvalue weighted by Gasteiger charge is 2.27. The third-order valence-corrected chi connectivity index (χ3v) is 3.26. The van der Waals surface area contributed by atoms with Gasteiger partial charge in [0.15, 0.2) is 6.61 Å². The Morgan fingerprint density at radius 3 is 2.90 bits per heavy atom. The third-order valence-electron chi connectivity index (χ3n) is 3.26. The van der Waals surface area contributed by atoms with Crippen molar-refractivity contribution in [2.24, 2.45) is 0 Å². The van der Waals surface area contributed by atoms with Gasteiger partial charge in [-0.1, -0.05) is 6.07 Å². The fourth-order valence-corrected chi connectivity index (χ4v) is 2.24. The largest absolute Gasteiger partial charge is 0.484 e. The summed E-state index contributed by atoms with van der Waals surface area (Å²) in [7, 11) is 0. The molecule has 1 aliphatic rings. The number of carbonyl (C=O) groups is 1. The van der Waals surface area contributed by atoms with Crippen molar-refractivity contribution in [3.8, 4) is 5.75 Å². The highest BCUT2D eigenvalue weighted by Crippen LogP contribution is 2.32. The Labute approximate surface area is 119 Å². The number of benzene rings is 1. The molecule has 1 aromatic rings. The van der Waals surface area contributed by atoms with Crippen molar-refractivity contribution in [1.82, 2.24) is 5.32 Å². The maximum absolute atomic E-state index is 11.9. The molecule has 7 heteroatoms. The number of aryl methyl sites for hydroxylation is 1. The van der Waals surface area contributed by atoms with Gasteiger partial charge in [0.05, 0.1) is 6.10 Å². The van der Waals surface area contributed by atoms with Gasteiger partial charge in [-0.25, -0.2) is 0 Å². The number of hydrogen-bond donors (Lipinski definition) is 2. The first-order valence-electron chi connectivity index (χ1n) is 6.62. The predicted octanol–water partition coefficient (Wildman–Crippen LogP) is 2.11. The van der Waals surface area contributed by atoms with Crippen LogP contribution in [0.25, 0.3) is 0 Å². The monoisotopic (exact) mass is 303 g/mol. The van der Waals surface area contributed by atoms with Crippen molar-refractivity contribution in [2.75, 3.05) is 13.2 Å². The lowest BCUT2D eigenvalue weighted by atomic mass is 9.89. The molecule has 116 valence electrons. The molecule has 2 rings (SSSR count). The van der Waals surface area contributed by atoms with E-state index >= 15 is 0 Å². The highest BCUT2D eigenvalue weighted by atomic mass is 19.4. The summed E-state index contributed by atoms with van der Waals surface area (Å²) < 4.78 is 40.9. The number of fused-ring (bicyclic) bond motifs is 1. The first-order chi connectivity index (χ1) is 9.85. The van der Waals surface area contributed by atoms with Gasteiger partial charge in [-0.15, -0.1) is 0 Å². The molecular weight excluding hydrogens is 287 g/mol. The topological polar surface area (TPSA) is 58.6 Å². The van der Waals surface area contributed by atoms with Crippen LogP contribution in [0.15, 0.2) is 18.2 Å². The fraction of sp³-hybridized carbons (Fsp3) is 0.500. The maximum Gasteiger partial charge on any atom is 0.405 e. The van der Waals surface area contributed by atoms with Crippen LogP contribution < -0.4 is 10.1 Å². The molecular formula is C14H16F3NO3. The van der Waals surface area contributed by atoms with Crippen molar-refractivity contribution in [2.45, 2.75) is 31.5 Å². The van der Waals surface area contributed by atoms with E-state index in [2.05, 4.69) is 0 Å². The van der Waals surface area contributed by atoms with E-state index in [4.69, 9.17) is 4.74 Å². The molecule has 0 radical (unpaired) electrons. The van der Waals surface area contributed by atoms with Gasteiger partial charge in [0.2, 0.25) is 0 Å². The smallest absolute Gasteiger partial charge is 0.405 e. The number of rotatable bonds is 4. The van der Waals surface area contributed by atoms with Crippen molar-refractivity contribution < 1.29 is 27.8 Å². The van der Waals surface area contributed by atoms with Crippen LogP contribution in [0.3, 0.4) is 0 Å². The molecule has 0 aromatic heterocycles. The van der Waals surface area contributed by atoms with Gasteiger partial charge in [-0.05, 0) is 42.5 Å². The van der Waals surface area contributed by atoms with Gasteiger partial charge in [-0.2, -0.15) is 13.2 Å². The molecule has 0 saturated heterocycles. The lowest BCUT2D eigenvalue weighted by Crippen LogP contribution is -2.36. The second-order valence-corrected chi connectivity index (χ2v) is 4.95. The average Bonchev–Trinajstić information content (AvgIpc) is 2.43. The molecule has 0 heterocycles. The van der Waals surface area contributed by atoms with Crippen LogP contribution in [0.1, 0.15) is 30.1 Å². The van der Waals surface area contributed by atoms with E-state index in [-0.39, 0.29) is 0 Å². The van der Waals surface area contributed by atoms with Gasteiger partial charge < -0.3 is 15.2 Å². The number of aliphatic hydroxyl groups excluding tert-OH is 1. The Balaban J connectivity index is 1.89. The normalized spacial score (nSPS) is 18.0. The van der Waals surface area contributed by atoms with Crippen molar-refractivity contribution in [3.05, 3.63) is 29.3 Å². The van der Waals surface area contributed by atoms with Gasteiger partial charge in [0.1, 0.15) is 12.3 Å². The fourth-order valence-electron chi connectivity index (χ4n) is 2.24. The maximum atomic E-state index is 11.9. The number of hydrogen-bond acceptors (Lipinski definition) is 3. The predicted molar refractivity (Wildman–Crippen MR) is 68.9 cm³/mol. The van der Waals surface area contributed by atoms with Crippen molar-refractivity contribution in [3.63, 3.8) is 0 Å². The SMILES string of the molecule is O=C(COc1ccc2c(c1)C(O)CCC2)NCC(F)(F)F. The lowest BCUT2D eigenvalue weighted by Gasteiger charge is -2.21. The molecule has 0 fully saturated rings. The summed E-state index contributed by atoms with van der Waals surface area (Å²) in [5.74, 6) is -0.484. The Morgan fingerprint density at radius 1 is 1.43 bits per heavy atom. The zero-order chi connectivity index (χ0) is 15.5. The Hall–Kier alpha value is -1.76. The summed E-state index contributed by atoms with van der Waals surface area (Å²) in [5.41, 5.74) is 1.79.